The number of halogens is 1. The summed E-state index contributed by atoms with van der Waals surface area (Å²) in [6, 6.07) is 4.96. The highest BCUT2D eigenvalue weighted by Crippen LogP contribution is 2.31. The molecule has 1 amide bonds. The summed E-state index contributed by atoms with van der Waals surface area (Å²) in [6.45, 7) is 2.38. The van der Waals surface area contributed by atoms with Gasteiger partial charge in [0.2, 0.25) is 0 Å². The van der Waals surface area contributed by atoms with Crippen LogP contribution in [-0.2, 0) is 0 Å². The van der Waals surface area contributed by atoms with Gasteiger partial charge in [-0.2, -0.15) is 0 Å². The van der Waals surface area contributed by atoms with Crippen LogP contribution in [0.5, 0.6) is 0 Å². The van der Waals surface area contributed by atoms with Crippen LogP contribution in [0.15, 0.2) is 18.2 Å². The summed E-state index contributed by atoms with van der Waals surface area (Å²) in [5, 5.41) is 13.6. The second-order valence-corrected chi connectivity index (χ2v) is 6.22. The fraction of sp³-hybridized carbons (Fsp3) is 0.533. The number of para-hydroxylation sites is 1. The van der Waals surface area contributed by atoms with Crippen molar-refractivity contribution < 1.29 is 9.90 Å². The third-order valence-electron chi connectivity index (χ3n) is 3.94. The summed E-state index contributed by atoms with van der Waals surface area (Å²) in [6.07, 6.45) is 3.57. The summed E-state index contributed by atoms with van der Waals surface area (Å²) < 4.78 is 0. The van der Waals surface area contributed by atoms with Crippen molar-refractivity contribution in [1.29, 1.82) is 0 Å². The minimum absolute atomic E-state index is 0.252. The standard InChI is InChI=1S/C15H21ClN2O2/c1-10-4-3-7-15(20,8-10)9-18-14(19)11-5-2-6-12(16)13(11)17/h2,5-6,10,20H,3-4,7-9,17H2,1H3,(H,18,19). The first-order chi connectivity index (χ1) is 9.41. The Morgan fingerprint density at radius 3 is 3.05 bits per heavy atom. The third-order valence-corrected chi connectivity index (χ3v) is 4.27. The van der Waals surface area contributed by atoms with E-state index < -0.39 is 5.60 Å². The van der Waals surface area contributed by atoms with Crippen LogP contribution < -0.4 is 11.1 Å². The summed E-state index contributed by atoms with van der Waals surface area (Å²) in [4.78, 5) is 12.1. The quantitative estimate of drug-likeness (QED) is 0.751. The molecule has 4 nitrogen and oxygen atoms in total. The SMILES string of the molecule is CC1CCCC(O)(CNC(=O)c2cccc(Cl)c2N)C1. The minimum atomic E-state index is -0.805. The normalized spacial score (nSPS) is 26.2. The van der Waals surface area contributed by atoms with Gasteiger partial charge < -0.3 is 16.2 Å². The van der Waals surface area contributed by atoms with Crippen molar-refractivity contribution >= 4 is 23.2 Å². The zero-order valence-corrected chi connectivity index (χ0v) is 12.4. The largest absolute Gasteiger partial charge is 0.397 e. The van der Waals surface area contributed by atoms with Crippen molar-refractivity contribution in [3.63, 3.8) is 0 Å². The lowest BCUT2D eigenvalue weighted by Crippen LogP contribution is -2.45. The molecule has 0 radical (unpaired) electrons. The average molecular weight is 297 g/mol. The number of rotatable bonds is 3. The molecule has 1 saturated carbocycles. The van der Waals surface area contributed by atoms with Crippen LogP contribution in [0.25, 0.3) is 0 Å². The van der Waals surface area contributed by atoms with Gasteiger partial charge in [-0.3, -0.25) is 4.79 Å². The van der Waals surface area contributed by atoms with E-state index >= 15 is 0 Å². The van der Waals surface area contributed by atoms with Gasteiger partial charge in [0.25, 0.3) is 5.91 Å². The Labute approximate surface area is 124 Å². The summed E-state index contributed by atoms with van der Waals surface area (Å²) in [5.41, 5.74) is 5.61. The minimum Gasteiger partial charge on any atom is -0.397 e. The molecular formula is C15H21ClN2O2. The topological polar surface area (TPSA) is 75.3 Å². The molecule has 0 aromatic heterocycles. The number of nitrogen functional groups attached to an aromatic ring is 1. The van der Waals surface area contributed by atoms with Crippen molar-refractivity contribution in [2.24, 2.45) is 5.92 Å². The van der Waals surface area contributed by atoms with Gasteiger partial charge in [0.15, 0.2) is 0 Å². The maximum absolute atomic E-state index is 12.1. The molecular weight excluding hydrogens is 276 g/mol. The lowest BCUT2D eigenvalue weighted by Gasteiger charge is -2.35. The molecule has 5 heteroatoms. The first-order valence-corrected chi connectivity index (χ1v) is 7.34. The van der Waals surface area contributed by atoms with Gasteiger partial charge in [-0.1, -0.05) is 37.4 Å². The van der Waals surface area contributed by atoms with Crippen molar-refractivity contribution in [2.45, 2.75) is 38.2 Å². The number of carbonyl (C=O) groups is 1. The Balaban J connectivity index is 2.00. The van der Waals surface area contributed by atoms with Gasteiger partial charge in [-0.15, -0.1) is 0 Å². The first-order valence-electron chi connectivity index (χ1n) is 6.96. The average Bonchev–Trinajstić information content (AvgIpc) is 2.39. The Bertz CT molecular complexity index is 507. The highest BCUT2D eigenvalue weighted by molar-refractivity contribution is 6.33. The number of aliphatic hydroxyl groups is 1. The predicted molar refractivity (Wildman–Crippen MR) is 80.8 cm³/mol. The van der Waals surface area contributed by atoms with E-state index in [0.29, 0.717) is 16.5 Å². The molecule has 110 valence electrons. The second-order valence-electron chi connectivity index (χ2n) is 5.81. The number of anilines is 1. The molecule has 2 rings (SSSR count). The molecule has 1 aromatic carbocycles. The van der Waals surface area contributed by atoms with E-state index in [9.17, 15) is 9.90 Å². The van der Waals surface area contributed by atoms with Gasteiger partial charge >= 0.3 is 0 Å². The molecule has 1 aliphatic rings. The van der Waals surface area contributed by atoms with Crippen molar-refractivity contribution in [2.75, 3.05) is 12.3 Å². The maximum Gasteiger partial charge on any atom is 0.253 e. The van der Waals surface area contributed by atoms with Crippen LogP contribution in [0, 0.1) is 5.92 Å². The van der Waals surface area contributed by atoms with Gasteiger partial charge in [0.1, 0.15) is 0 Å². The number of nitrogens with one attached hydrogen (secondary N) is 1. The number of hydrogen-bond donors (Lipinski definition) is 3. The molecule has 2 atom stereocenters. The monoisotopic (exact) mass is 296 g/mol. The lowest BCUT2D eigenvalue weighted by molar-refractivity contribution is -0.0109. The molecule has 4 N–H and O–H groups in total. The number of amides is 1. The first kappa shape index (κ1) is 15.1. The van der Waals surface area contributed by atoms with Crippen LogP contribution in [0.3, 0.4) is 0 Å². The number of benzene rings is 1. The van der Waals surface area contributed by atoms with E-state index in [0.717, 1.165) is 25.7 Å². The maximum atomic E-state index is 12.1. The molecule has 0 aliphatic heterocycles. The number of carbonyl (C=O) groups excluding carboxylic acids is 1. The van der Waals surface area contributed by atoms with E-state index in [1.165, 1.54) is 0 Å². The van der Waals surface area contributed by atoms with E-state index in [4.69, 9.17) is 17.3 Å². The molecule has 1 aliphatic carbocycles. The molecule has 1 aromatic rings. The summed E-state index contributed by atoms with van der Waals surface area (Å²) in [7, 11) is 0. The fourth-order valence-electron chi connectivity index (χ4n) is 2.87. The molecule has 0 saturated heterocycles. The molecule has 0 bridgehead atoms. The van der Waals surface area contributed by atoms with Crippen LogP contribution >= 0.6 is 11.6 Å². The van der Waals surface area contributed by atoms with Crippen molar-refractivity contribution in [3.05, 3.63) is 28.8 Å². The zero-order valence-electron chi connectivity index (χ0n) is 11.7. The van der Waals surface area contributed by atoms with Crippen LogP contribution in [-0.4, -0.2) is 23.2 Å². The van der Waals surface area contributed by atoms with Gasteiger partial charge in [-0.05, 0) is 30.9 Å². The van der Waals surface area contributed by atoms with Gasteiger partial charge in [0.05, 0.1) is 21.9 Å². The molecule has 1 fully saturated rings. The highest BCUT2D eigenvalue weighted by Gasteiger charge is 2.33. The van der Waals surface area contributed by atoms with Crippen molar-refractivity contribution in [3.8, 4) is 0 Å². The molecule has 20 heavy (non-hydrogen) atoms. The molecule has 0 spiro atoms. The second kappa shape index (κ2) is 6.02. The summed E-state index contributed by atoms with van der Waals surface area (Å²) in [5.74, 6) is 0.193. The number of hydrogen-bond acceptors (Lipinski definition) is 3. The smallest absolute Gasteiger partial charge is 0.253 e. The Hall–Kier alpha value is -1.26. The Morgan fingerprint density at radius 1 is 1.60 bits per heavy atom. The van der Waals surface area contributed by atoms with E-state index in [1.807, 2.05) is 0 Å². The van der Waals surface area contributed by atoms with Crippen LogP contribution in [0.4, 0.5) is 5.69 Å². The molecule has 2 unspecified atom stereocenters. The van der Waals surface area contributed by atoms with Crippen molar-refractivity contribution in [1.82, 2.24) is 5.32 Å². The van der Waals surface area contributed by atoms with Crippen LogP contribution in [0.1, 0.15) is 43.0 Å². The van der Waals surface area contributed by atoms with E-state index in [2.05, 4.69) is 12.2 Å². The van der Waals surface area contributed by atoms with E-state index in [1.54, 1.807) is 18.2 Å². The Morgan fingerprint density at radius 2 is 2.35 bits per heavy atom. The van der Waals surface area contributed by atoms with Gasteiger partial charge in [0, 0.05) is 6.54 Å². The Kier molecular flexibility index (Phi) is 4.55. The van der Waals surface area contributed by atoms with Crippen LogP contribution in [0.2, 0.25) is 5.02 Å². The highest BCUT2D eigenvalue weighted by atomic mass is 35.5. The van der Waals surface area contributed by atoms with Gasteiger partial charge in [-0.25, -0.2) is 0 Å². The lowest BCUT2D eigenvalue weighted by atomic mass is 9.79. The zero-order chi connectivity index (χ0) is 14.8. The molecule has 0 heterocycles. The summed E-state index contributed by atoms with van der Waals surface area (Å²) >= 11 is 5.90. The fourth-order valence-corrected chi connectivity index (χ4v) is 3.04. The third kappa shape index (κ3) is 3.44. The predicted octanol–water partition coefficient (Wildman–Crippen LogP) is 2.59. The van der Waals surface area contributed by atoms with E-state index in [-0.39, 0.29) is 18.1 Å². The number of nitrogens with two attached hydrogens (primary N) is 1.